The lowest BCUT2D eigenvalue weighted by atomic mass is 10.00. The highest BCUT2D eigenvalue weighted by atomic mass is 16.5. The van der Waals surface area contributed by atoms with E-state index in [-0.39, 0.29) is 5.91 Å². The van der Waals surface area contributed by atoms with Crippen LogP contribution < -0.4 is 15.8 Å². The molecule has 0 unspecified atom stereocenters. The summed E-state index contributed by atoms with van der Waals surface area (Å²) in [5, 5.41) is 2.79. The molecule has 14 heavy (non-hydrogen) atoms. The van der Waals surface area contributed by atoms with Crippen molar-refractivity contribution in [1.82, 2.24) is 5.32 Å². The minimum atomic E-state index is -0.0265. The van der Waals surface area contributed by atoms with Gasteiger partial charge < -0.3 is 15.8 Å². The third-order valence-electron chi connectivity index (χ3n) is 2.79. The van der Waals surface area contributed by atoms with Gasteiger partial charge in [0, 0.05) is 24.1 Å². The molecule has 0 aromatic heterocycles. The van der Waals surface area contributed by atoms with Gasteiger partial charge in [0.15, 0.2) is 0 Å². The highest BCUT2D eigenvalue weighted by molar-refractivity contribution is 6.00. The Kier molecular flexibility index (Phi) is 1.32. The van der Waals surface area contributed by atoms with Crippen LogP contribution in [0.25, 0.3) is 0 Å². The van der Waals surface area contributed by atoms with E-state index in [1.165, 1.54) is 0 Å². The topological polar surface area (TPSA) is 64.3 Å². The lowest BCUT2D eigenvalue weighted by Gasteiger charge is -2.06. The van der Waals surface area contributed by atoms with E-state index < -0.39 is 0 Å². The van der Waals surface area contributed by atoms with E-state index >= 15 is 0 Å². The van der Waals surface area contributed by atoms with Gasteiger partial charge in [-0.3, -0.25) is 4.79 Å². The normalized spacial score (nSPS) is 17.3. The van der Waals surface area contributed by atoms with Crippen LogP contribution in [0.4, 0.5) is 5.69 Å². The highest BCUT2D eigenvalue weighted by Gasteiger charge is 2.28. The SMILES string of the molecule is Nc1cc2c(c3c1OCC3)CNC2=O. The molecule has 3 N–H and O–H groups in total. The first-order chi connectivity index (χ1) is 6.77. The zero-order valence-electron chi connectivity index (χ0n) is 7.59. The molecular weight excluding hydrogens is 180 g/mol. The number of anilines is 1. The number of fused-ring (bicyclic) bond motifs is 3. The summed E-state index contributed by atoms with van der Waals surface area (Å²) in [6, 6.07) is 1.71. The van der Waals surface area contributed by atoms with Gasteiger partial charge >= 0.3 is 0 Å². The molecule has 3 rings (SSSR count). The second-order valence-electron chi connectivity index (χ2n) is 3.58. The summed E-state index contributed by atoms with van der Waals surface area (Å²) in [5.41, 5.74) is 9.27. The van der Waals surface area contributed by atoms with Crippen molar-refractivity contribution in [1.29, 1.82) is 0 Å². The molecule has 0 bridgehead atoms. The maximum Gasteiger partial charge on any atom is 0.251 e. The fraction of sp³-hybridized carbons (Fsp3) is 0.300. The van der Waals surface area contributed by atoms with Crippen molar-refractivity contribution < 1.29 is 9.53 Å². The Morgan fingerprint density at radius 2 is 2.29 bits per heavy atom. The molecule has 0 saturated carbocycles. The summed E-state index contributed by atoms with van der Waals surface area (Å²) >= 11 is 0. The standard InChI is InChI=1S/C10H10N2O2/c11-8-3-6-7(4-12-10(6)13)5-1-2-14-9(5)8/h3H,1-2,4,11H2,(H,12,13). The quantitative estimate of drug-likeness (QED) is 0.584. The number of nitrogen functional groups attached to an aromatic ring is 1. The van der Waals surface area contributed by atoms with E-state index in [9.17, 15) is 4.79 Å². The summed E-state index contributed by atoms with van der Waals surface area (Å²) in [5.74, 6) is 0.752. The van der Waals surface area contributed by atoms with Gasteiger partial charge in [0.2, 0.25) is 0 Å². The molecule has 1 aromatic rings. The van der Waals surface area contributed by atoms with Crippen LogP contribution in [0.3, 0.4) is 0 Å². The fourth-order valence-corrected chi connectivity index (χ4v) is 2.14. The van der Waals surface area contributed by atoms with Crippen LogP contribution in [0.1, 0.15) is 21.5 Å². The van der Waals surface area contributed by atoms with Crippen LogP contribution in [-0.2, 0) is 13.0 Å². The Bertz CT molecular complexity index is 440. The number of hydrogen-bond acceptors (Lipinski definition) is 3. The predicted molar refractivity (Wildman–Crippen MR) is 51.2 cm³/mol. The van der Waals surface area contributed by atoms with E-state index in [4.69, 9.17) is 10.5 Å². The van der Waals surface area contributed by atoms with Gasteiger partial charge in [-0.2, -0.15) is 0 Å². The van der Waals surface area contributed by atoms with Gasteiger partial charge in [-0.1, -0.05) is 0 Å². The van der Waals surface area contributed by atoms with E-state index in [1.54, 1.807) is 6.07 Å². The average molecular weight is 190 g/mol. The Morgan fingerprint density at radius 1 is 1.43 bits per heavy atom. The van der Waals surface area contributed by atoms with Crippen molar-refractivity contribution in [3.8, 4) is 5.75 Å². The zero-order chi connectivity index (χ0) is 9.71. The Hall–Kier alpha value is -1.71. The monoisotopic (exact) mass is 190 g/mol. The second kappa shape index (κ2) is 2.41. The lowest BCUT2D eigenvalue weighted by molar-refractivity contribution is 0.0966. The number of benzene rings is 1. The van der Waals surface area contributed by atoms with Crippen molar-refractivity contribution in [3.05, 3.63) is 22.8 Å². The lowest BCUT2D eigenvalue weighted by Crippen LogP contribution is -2.12. The number of hydrogen-bond donors (Lipinski definition) is 2. The third-order valence-corrected chi connectivity index (χ3v) is 2.79. The number of nitrogens with two attached hydrogens (primary N) is 1. The Balaban J connectivity index is 2.31. The smallest absolute Gasteiger partial charge is 0.251 e. The van der Waals surface area contributed by atoms with E-state index in [2.05, 4.69) is 5.32 Å². The van der Waals surface area contributed by atoms with Crippen LogP contribution >= 0.6 is 0 Å². The first-order valence-corrected chi connectivity index (χ1v) is 4.62. The number of ether oxygens (including phenoxy) is 1. The summed E-state index contributed by atoms with van der Waals surface area (Å²) in [4.78, 5) is 11.4. The summed E-state index contributed by atoms with van der Waals surface area (Å²) in [6.07, 6.45) is 0.859. The molecule has 0 fully saturated rings. The van der Waals surface area contributed by atoms with Crippen LogP contribution in [0.15, 0.2) is 6.07 Å². The predicted octanol–water partition coefficient (Wildman–Crippen LogP) is 0.447. The highest BCUT2D eigenvalue weighted by Crippen LogP contribution is 2.38. The molecule has 2 aliphatic heterocycles. The molecule has 0 radical (unpaired) electrons. The number of nitrogens with one attached hydrogen (secondary N) is 1. The summed E-state index contributed by atoms with van der Waals surface area (Å²) in [7, 11) is 0. The van der Waals surface area contributed by atoms with Crippen molar-refractivity contribution in [2.24, 2.45) is 0 Å². The fourth-order valence-electron chi connectivity index (χ4n) is 2.14. The van der Waals surface area contributed by atoms with E-state index in [0.717, 1.165) is 23.3 Å². The summed E-state index contributed by atoms with van der Waals surface area (Å²) < 4.78 is 5.43. The van der Waals surface area contributed by atoms with E-state index in [0.29, 0.717) is 24.4 Å². The maximum absolute atomic E-state index is 11.4. The first kappa shape index (κ1) is 7.67. The van der Waals surface area contributed by atoms with Gasteiger partial charge in [0.25, 0.3) is 5.91 Å². The number of rotatable bonds is 0. The first-order valence-electron chi connectivity index (χ1n) is 4.62. The molecule has 4 heteroatoms. The molecule has 4 nitrogen and oxygen atoms in total. The van der Waals surface area contributed by atoms with Crippen LogP contribution in [0, 0.1) is 0 Å². The molecule has 2 heterocycles. The van der Waals surface area contributed by atoms with Crippen molar-refractivity contribution in [2.45, 2.75) is 13.0 Å². The third kappa shape index (κ3) is 0.801. The van der Waals surface area contributed by atoms with Crippen molar-refractivity contribution in [3.63, 3.8) is 0 Å². The number of carbonyl (C=O) groups excluding carboxylic acids is 1. The summed E-state index contributed by atoms with van der Waals surface area (Å²) in [6.45, 7) is 1.28. The van der Waals surface area contributed by atoms with Gasteiger partial charge in [-0.05, 0) is 11.6 Å². The minimum Gasteiger partial charge on any atom is -0.491 e. The number of amides is 1. The molecule has 72 valence electrons. The molecule has 0 spiro atoms. The van der Waals surface area contributed by atoms with Crippen LogP contribution in [-0.4, -0.2) is 12.5 Å². The van der Waals surface area contributed by atoms with Crippen LogP contribution in [0.2, 0.25) is 0 Å². The second-order valence-corrected chi connectivity index (χ2v) is 3.58. The van der Waals surface area contributed by atoms with E-state index in [1.807, 2.05) is 0 Å². The molecule has 0 saturated heterocycles. The molecule has 2 aliphatic rings. The molecular formula is C10H10N2O2. The zero-order valence-corrected chi connectivity index (χ0v) is 7.59. The maximum atomic E-state index is 11.4. The van der Waals surface area contributed by atoms with Gasteiger partial charge in [-0.25, -0.2) is 0 Å². The van der Waals surface area contributed by atoms with Crippen molar-refractivity contribution in [2.75, 3.05) is 12.3 Å². The molecule has 1 amide bonds. The largest absolute Gasteiger partial charge is 0.491 e. The molecule has 0 aliphatic carbocycles. The minimum absolute atomic E-state index is 0.0265. The Morgan fingerprint density at radius 3 is 3.14 bits per heavy atom. The number of carbonyl (C=O) groups is 1. The van der Waals surface area contributed by atoms with Gasteiger partial charge in [-0.15, -0.1) is 0 Å². The van der Waals surface area contributed by atoms with Gasteiger partial charge in [0.05, 0.1) is 12.3 Å². The average Bonchev–Trinajstić information content (AvgIpc) is 2.74. The Labute approximate surface area is 81.0 Å². The molecule has 1 aromatic carbocycles. The van der Waals surface area contributed by atoms with Crippen LogP contribution in [0.5, 0.6) is 5.75 Å². The van der Waals surface area contributed by atoms with Crippen molar-refractivity contribution >= 4 is 11.6 Å². The molecule has 0 atom stereocenters. The van der Waals surface area contributed by atoms with Gasteiger partial charge in [0.1, 0.15) is 5.75 Å².